The molecule has 6 nitrogen and oxygen atoms in total. The number of hydrogen-bond donors (Lipinski definition) is 1. The van der Waals surface area contributed by atoms with E-state index in [-0.39, 0.29) is 4.90 Å². The third-order valence-electron chi connectivity index (χ3n) is 5.87. The van der Waals surface area contributed by atoms with Crippen molar-refractivity contribution >= 4 is 10.0 Å². The Balaban J connectivity index is 1.56. The first-order valence-corrected chi connectivity index (χ1v) is 12.3. The highest BCUT2D eigenvalue weighted by atomic mass is 32.2. The van der Waals surface area contributed by atoms with E-state index in [4.69, 9.17) is 0 Å². The van der Waals surface area contributed by atoms with Crippen molar-refractivity contribution < 1.29 is 30.7 Å². The molecule has 0 amide bonds. The smallest absolute Gasteiger partial charge is 0.406 e. The number of ether oxygens (including phenoxy) is 1. The number of likely N-dealkylation sites (tertiary alicyclic amines) is 1. The molecule has 0 atom stereocenters. The molecule has 35 heavy (non-hydrogen) atoms. The average Bonchev–Trinajstić information content (AvgIpc) is 2.81. The summed E-state index contributed by atoms with van der Waals surface area (Å²) in [5.41, 5.74) is 0.390. The number of alkyl halides is 3. The van der Waals surface area contributed by atoms with Crippen LogP contribution < -0.4 is 9.46 Å². The second-order valence-electron chi connectivity index (χ2n) is 8.33. The third-order valence-corrected chi connectivity index (χ3v) is 7.43. The van der Waals surface area contributed by atoms with E-state index in [1.807, 2.05) is 30.3 Å². The van der Waals surface area contributed by atoms with Crippen LogP contribution in [-0.2, 0) is 22.1 Å². The van der Waals surface area contributed by atoms with Gasteiger partial charge in [-0.2, -0.15) is 4.72 Å². The van der Waals surface area contributed by atoms with E-state index < -0.39 is 33.5 Å². The molecule has 4 rings (SSSR count). The molecule has 1 aromatic heterocycles. The summed E-state index contributed by atoms with van der Waals surface area (Å²) in [6.07, 6.45) is -3.12. The Labute approximate surface area is 200 Å². The predicted octanol–water partition coefficient (Wildman–Crippen LogP) is 4.59. The number of halogens is 4. The van der Waals surface area contributed by atoms with Crippen molar-refractivity contribution in [2.45, 2.75) is 36.2 Å². The fraction of sp³-hybridized carbons (Fsp3) is 0.292. The fourth-order valence-electron chi connectivity index (χ4n) is 4.14. The Morgan fingerprint density at radius 2 is 1.63 bits per heavy atom. The molecule has 0 bridgehead atoms. The minimum atomic E-state index is -4.88. The first-order valence-electron chi connectivity index (χ1n) is 10.8. The maximum Gasteiger partial charge on any atom is 0.573 e. The Morgan fingerprint density at radius 3 is 2.20 bits per heavy atom. The highest BCUT2D eigenvalue weighted by Crippen LogP contribution is 2.34. The topological polar surface area (TPSA) is 71.5 Å². The maximum atomic E-state index is 13.5. The van der Waals surface area contributed by atoms with E-state index in [9.17, 15) is 26.0 Å². The van der Waals surface area contributed by atoms with E-state index >= 15 is 0 Å². The van der Waals surface area contributed by atoms with Crippen molar-refractivity contribution in [2.24, 2.45) is 0 Å². The summed E-state index contributed by atoms with van der Waals surface area (Å²) in [7, 11) is -4.15. The van der Waals surface area contributed by atoms with Crippen LogP contribution in [0, 0.1) is 5.82 Å². The summed E-state index contributed by atoms with van der Waals surface area (Å²) >= 11 is 0. The zero-order chi connectivity index (χ0) is 25.1. The van der Waals surface area contributed by atoms with Crippen molar-refractivity contribution in [3.63, 3.8) is 0 Å². The summed E-state index contributed by atoms with van der Waals surface area (Å²) in [6, 6.07) is 16.5. The largest absolute Gasteiger partial charge is 0.573 e. The van der Waals surface area contributed by atoms with Crippen molar-refractivity contribution in [1.29, 1.82) is 0 Å². The second kappa shape index (κ2) is 9.92. The quantitative estimate of drug-likeness (QED) is 0.472. The second-order valence-corrected chi connectivity index (χ2v) is 10.0. The molecule has 2 heterocycles. The molecule has 3 aromatic rings. The highest BCUT2D eigenvalue weighted by Gasteiger charge is 2.41. The first-order chi connectivity index (χ1) is 16.5. The molecule has 0 saturated carbocycles. The molecule has 0 unspecified atom stereocenters. The van der Waals surface area contributed by atoms with E-state index in [2.05, 4.69) is 19.3 Å². The summed E-state index contributed by atoms with van der Waals surface area (Å²) in [5, 5.41) is 0. The highest BCUT2D eigenvalue weighted by molar-refractivity contribution is 7.89. The van der Waals surface area contributed by atoms with Gasteiger partial charge in [0.05, 0.1) is 22.3 Å². The molecule has 0 aliphatic carbocycles. The van der Waals surface area contributed by atoms with Gasteiger partial charge in [0.1, 0.15) is 11.6 Å². The van der Waals surface area contributed by atoms with Crippen molar-refractivity contribution in [2.75, 3.05) is 13.1 Å². The standard InChI is InChI=1S/C24H23F4N3O3S/c25-19-6-11-22(29-16-19)23(12-14-31(15-13-23)17-18-4-2-1-3-5-18)30-35(32,33)21-9-7-20(8-10-21)34-24(26,27)28/h1-11,16,30H,12-15,17H2. The van der Waals surface area contributed by atoms with Crippen LogP contribution in [0.15, 0.2) is 77.8 Å². The Hall–Kier alpha value is -3.02. The van der Waals surface area contributed by atoms with Gasteiger partial charge in [-0.3, -0.25) is 9.88 Å². The molecule has 1 saturated heterocycles. The molecule has 1 aliphatic rings. The summed E-state index contributed by atoms with van der Waals surface area (Å²) < 4.78 is 83.8. The van der Waals surface area contributed by atoms with Crippen LogP contribution in [0.2, 0.25) is 0 Å². The molecule has 11 heteroatoms. The van der Waals surface area contributed by atoms with E-state index in [1.54, 1.807) is 0 Å². The number of rotatable bonds is 7. The molecule has 186 valence electrons. The van der Waals surface area contributed by atoms with Crippen LogP contribution in [-0.4, -0.2) is 37.8 Å². The van der Waals surface area contributed by atoms with Gasteiger partial charge in [0.2, 0.25) is 10.0 Å². The van der Waals surface area contributed by atoms with Gasteiger partial charge in [-0.05, 0) is 54.8 Å². The SMILES string of the molecule is O=S(=O)(NC1(c2ccc(F)cn2)CCN(Cc2ccccc2)CC1)c1ccc(OC(F)(F)F)cc1. The van der Waals surface area contributed by atoms with E-state index in [0.717, 1.165) is 36.0 Å². The number of aromatic nitrogens is 1. The number of nitrogens with zero attached hydrogens (tertiary/aromatic N) is 2. The molecule has 1 fully saturated rings. The van der Waals surface area contributed by atoms with Crippen molar-refractivity contribution in [3.05, 3.63) is 90.0 Å². The van der Waals surface area contributed by atoms with Crippen LogP contribution in [0.25, 0.3) is 0 Å². The average molecular weight is 510 g/mol. The van der Waals surface area contributed by atoms with Crippen LogP contribution in [0.5, 0.6) is 5.75 Å². The normalized spacial score (nSPS) is 16.7. The summed E-state index contributed by atoms with van der Waals surface area (Å²) in [5.74, 6) is -1.07. The Kier molecular flexibility index (Phi) is 7.11. The van der Waals surface area contributed by atoms with Crippen LogP contribution in [0.4, 0.5) is 17.6 Å². The van der Waals surface area contributed by atoms with Gasteiger partial charge < -0.3 is 4.74 Å². The monoisotopic (exact) mass is 509 g/mol. The molecule has 1 aliphatic heterocycles. The Bertz CT molecular complexity index is 1230. The first kappa shape index (κ1) is 25.1. The third kappa shape index (κ3) is 6.36. The lowest BCUT2D eigenvalue weighted by Gasteiger charge is -2.41. The Morgan fingerprint density at radius 1 is 0.971 bits per heavy atom. The lowest BCUT2D eigenvalue weighted by molar-refractivity contribution is -0.274. The predicted molar refractivity (Wildman–Crippen MR) is 120 cm³/mol. The van der Waals surface area contributed by atoms with Crippen LogP contribution >= 0.6 is 0 Å². The molecule has 0 spiro atoms. The zero-order valence-corrected chi connectivity index (χ0v) is 19.3. The minimum absolute atomic E-state index is 0.222. The van der Waals surface area contributed by atoms with Gasteiger partial charge >= 0.3 is 6.36 Å². The van der Waals surface area contributed by atoms with Crippen LogP contribution in [0.1, 0.15) is 24.1 Å². The summed E-state index contributed by atoms with van der Waals surface area (Å²) in [4.78, 5) is 6.12. The number of sulfonamides is 1. The van der Waals surface area contributed by atoms with Gasteiger partial charge in [0.15, 0.2) is 0 Å². The van der Waals surface area contributed by atoms with Gasteiger partial charge in [-0.25, -0.2) is 12.8 Å². The summed E-state index contributed by atoms with van der Waals surface area (Å²) in [6.45, 7) is 1.80. The zero-order valence-electron chi connectivity index (χ0n) is 18.5. The van der Waals surface area contributed by atoms with Gasteiger partial charge in [0.25, 0.3) is 0 Å². The van der Waals surface area contributed by atoms with Gasteiger partial charge in [0, 0.05) is 19.6 Å². The molecule has 0 radical (unpaired) electrons. The maximum absolute atomic E-state index is 13.5. The number of piperidine rings is 1. The van der Waals surface area contributed by atoms with Gasteiger partial charge in [-0.15, -0.1) is 13.2 Å². The number of pyridine rings is 1. The molecular weight excluding hydrogens is 486 g/mol. The fourth-order valence-corrected chi connectivity index (χ4v) is 5.58. The molecule has 1 N–H and O–H groups in total. The lowest BCUT2D eigenvalue weighted by Crippen LogP contribution is -2.53. The molecular formula is C24H23F4N3O3S. The lowest BCUT2D eigenvalue weighted by atomic mass is 9.85. The number of nitrogens with one attached hydrogen (secondary N) is 1. The number of benzene rings is 2. The van der Waals surface area contributed by atoms with Gasteiger partial charge in [-0.1, -0.05) is 30.3 Å². The minimum Gasteiger partial charge on any atom is -0.406 e. The van der Waals surface area contributed by atoms with Crippen molar-refractivity contribution in [1.82, 2.24) is 14.6 Å². The molecule has 2 aromatic carbocycles. The van der Waals surface area contributed by atoms with Crippen LogP contribution in [0.3, 0.4) is 0 Å². The van der Waals surface area contributed by atoms with E-state index in [1.165, 1.54) is 12.1 Å². The van der Waals surface area contributed by atoms with E-state index in [0.29, 0.717) is 38.2 Å². The number of hydrogen-bond acceptors (Lipinski definition) is 5. The van der Waals surface area contributed by atoms with Crippen molar-refractivity contribution in [3.8, 4) is 5.75 Å².